The highest BCUT2D eigenvalue weighted by Crippen LogP contribution is 2.02. The van der Waals surface area contributed by atoms with Gasteiger partial charge in [-0.3, -0.25) is 0 Å². The molecule has 1 aromatic rings. The van der Waals surface area contributed by atoms with Crippen LogP contribution in [0, 0.1) is 0 Å². The molecule has 2 rings (SSSR count). The summed E-state index contributed by atoms with van der Waals surface area (Å²) in [6.07, 6.45) is 3.35. The second-order valence-corrected chi connectivity index (χ2v) is 3.00. The van der Waals surface area contributed by atoms with Crippen LogP contribution in [0.1, 0.15) is 18.1 Å². The normalized spacial score (nSPS) is 13.1. The van der Waals surface area contributed by atoms with E-state index in [9.17, 15) is 0 Å². The van der Waals surface area contributed by atoms with Crippen molar-refractivity contribution in [3.05, 3.63) is 29.3 Å². The first-order chi connectivity index (χ1) is 7.40. The fraction of sp³-hybridized carbons (Fsp3) is 0.200. The smallest absolute Gasteiger partial charge is 0.449 e. The van der Waals surface area contributed by atoms with Crippen molar-refractivity contribution in [2.75, 3.05) is 6.61 Å². The third-order valence-corrected chi connectivity index (χ3v) is 1.95. The molecule has 0 N–H and O–H groups in total. The molecular weight excluding hydrogens is 191 g/mol. The second-order valence-electron chi connectivity index (χ2n) is 3.00. The summed E-state index contributed by atoms with van der Waals surface area (Å²) in [4.78, 5) is 4.88. The summed E-state index contributed by atoms with van der Waals surface area (Å²) in [6, 6.07) is 5.87. The molecule has 1 aliphatic heterocycles. The van der Waals surface area contributed by atoms with E-state index in [1.54, 1.807) is 19.9 Å². The molecule has 0 unspecified atom stereocenters. The van der Waals surface area contributed by atoms with Crippen molar-refractivity contribution in [1.82, 2.24) is 0 Å². The van der Waals surface area contributed by atoms with Gasteiger partial charge in [-0.05, 0) is 29.6 Å². The third kappa shape index (κ3) is 2.37. The van der Waals surface area contributed by atoms with Crippen LogP contribution in [0.2, 0.25) is 0 Å². The molecule has 0 bridgehead atoms. The van der Waals surface area contributed by atoms with E-state index < -0.39 is 0 Å². The predicted molar refractivity (Wildman–Crippen MR) is 59.7 cm³/mol. The van der Waals surface area contributed by atoms with E-state index >= 15 is 0 Å². The molecule has 15 heavy (non-hydrogen) atoms. The monoisotopic (exact) mass is 201 g/mol. The quantitative estimate of drug-likeness (QED) is 0.409. The molecule has 0 fully saturated rings. The average molecular weight is 201 g/mol. The number of benzene rings is 1. The molecule has 0 saturated carbocycles. The molecule has 0 aromatic heterocycles. The van der Waals surface area contributed by atoms with E-state index in [0.29, 0.717) is 6.61 Å². The van der Waals surface area contributed by atoms with Gasteiger partial charge in [-0.15, -0.1) is 5.16 Å². The Morgan fingerprint density at radius 2 is 2.53 bits per heavy atom. The van der Waals surface area contributed by atoms with Gasteiger partial charge < -0.3 is 9.59 Å². The molecule has 1 aromatic carbocycles. The standard InChI is InChI=1S/C10H10BN2O2/c1-2-14-12-6-8-3-4-10-9(5-8)7-13-15-11-10/h3-7H,2H2,1H3/b12-6+. The number of fused-ring (bicyclic) bond motifs is 1. The largest absolute Gasteiger partial charge is 0.468 e. The van der Waals surface area contributed by atoms with Gasteiger partial charge in [0.2, 0.25) is 0 Å². The summed E-state index contributed by atoms with van der Waals surface area (Å²) in [6.45, 7) is 2.47. The molecule has 0 atom stereocenters. The van der Waals surface area contributed by atoms with E-state index in [2.05, 4.69) is 10.3 Å². The maximum Gasteiger partial charge on any atom is 0.449 e. The van der Waals surface area contributed by atoms with E-state index in [0.717, 1.165) is 16.6 Å². The Morgan fingerprint density at radius 1 is 1.60 bits per heavy atom. The van der Waals surface area contributed by atoms with Gasteiger partial charge in [-0.2, -0.15) is 0 Å². The van der Waals surface area contributed by atoms with Crippen molar-refractivity contribution in [3.8, 4) is 0 Å². The molecule has 1 aliphatic rings. The van der Waals surface area contributed by atoms with Gasteiger partial charge in [0.25, 0.3) is 0 Å². The minimum absolute atomic E-state index is 0.574. The van der Waals surface area contributed by atoms with Crippen LogP contribution in [0.25, 0.3) is 0 Å². The Morgan fingerprint density at radius 3 is 3.40 bits per heavy atom. The van der Waals surface area contributed by atoms with Crippen LogP contribution in [0.15, 0.2) is 28.5 Å². The van der Waals surface area contributed by atoms with Crippen molar-refractivity contribution >= 4 is 25.4 Å². The SMILES string of the molecule is CCO/N=C/c1ccc2c(c1)C=NO[B]2. The van der Waals surface area contributed by atoms with E-state index in [4.69, 9.17) is 9.59 Å². The van der Waals surface area contributed by atoms with Gasteiger partial charge in [0.05, 0.1) is 12.4 Å². The Hall–Kier alpha value is -1.78. The Bertz CT molecular complexity index is 404. The molecule has 4 nitrogen and oxygen atoms in total. The fourth-order valence-corrected chi connectivity index (χ4v) is 1.24. The highest BCUT2D eigenvalue weighted by molar-refractivity contribution is 6.49. The summed E-state index contributed by atoms with van der Waals surface area (Å²) in [5, 5.41) is 7.50. The fourth-order valence-electron chi connectivity index (χ4n) is 1.24. The van der Waals surface area contributed by atoms with Crippen LogP contribution < -0.4 is 5.46 Å². The van der Waals surface area contributed by atoms with Gasteiger partial charge in [0.1, 0.15) is 6.61 Å². The van der Waals surface area contributed by atoms with Gasteiger partial charge in [-0.1, -0.05) is 17.3 Å². The van der Waals surface area contributed by atoms with Crippen LogP contribution in [-0.2, 0) is 9.59 Å². The number of hydrogen-bond donors (Lipinski definition) is 0. The highest BCUT2D eigenvalue weighted by atomic mass is 16.6. The van der Waals surface area contributed by atoms with E-state index in [1.165, 1.54) is 0 Å². The lowest BCUT2D eigenvalue weighted by molar-refractivity contribution is 0.160. The maximum atomic E-state index is 4.88. The van der Waals surface area contributed by atoms with Crippen molar-refractivity contribution in [3.63, 3.8) is 0 Å². The van der Waals surface area contributed by atoms with Crippen molar-refractivity contribution in [2.24, 2.45) is 10.3 Å². The molecule has 0 amide bonds. The van der Waals surface area contributed by atoms with Gasteiger partial charge >= 0.3 is 7.48 Å². The Labute approximate surface area is 88.8 Å². The van der Waals surface area contributed by atoms with Crippen LogP contribution in [0.5, 0.6) is 0 Å². The van der Waals surface area contributed by atoms with Crippen LogP contribution in [0.3, 0.4) is 0 Å². The third-order valence-electron chi connectivity index (χ3n) is 1.95. The summed E-state index contributed by atoms with van der Waals surface area (Å²) in [5.74, 6) is 0. The molecule has 1 heterocycles. The number of rotatable bonds is 3. The van der Waals surface area contributed by atoms with Crippen LogP contribution in [-0.4, -0.2) is 26.5 Å². The minimum Gasteiger partial charge on any atom is -0.468 e. The molecule has 75 valence electrons. The summed E-state index contributed by atoms with van der Waals surface area (Å²) in [7, 11) is 1.61. The zero-order valence-corrected chi connectivity index (χ0v) is 8.38. The first-order valence-electron chi connectivity index (χ1n) is 4.72. The van der Waals surface area contributed by atoms with Gasteiger partial charge in [-0.25, -0.2) is 0 Å². The zero-order valence-electron chi connectivity index (χ0n) is 8.38. The van der Waals surface area contributed by atoms with Crippen LogP contribution >= 0.6 is 0 Å². The minimum atomic E-state index is 0.574. The number of oxime groups is 2. The van der Waals surface area contributed by atoms with Crippen molar-refractivity contribution in [1.29, 1.82) is 0 Å². The van der Waals surface area contributed by atoms with Gasteiger partial charge in [0, 0.05) is 0 Å². The first-order valence-corrected chi connectivity index (χ1v) is 4.72. The molecule has 1 radical (unpaired) electrons. The first kappa shape index (κ1) is 9.77. The molecule has 0 saturated heterocycles. The van der Waals surface area contributed by atoms with Crippen molar-refractivity contribution < 1.29 is 9.59 Å². The zero-order chi connectivity index (χ0) is 10.5. The molecule has 0 aliphatic carbocycles. The average Bonchev–Trinajstić information content (AvgIpc) is 2.29. The van der Waals surface area contributed by atoms with E-state index in [-0.39, 0.29) is 0 Å². The van der Waals surface area contributed by atoms with Gasteiger partial charge in [0.15, 0.2) is 0 Å². The lowest BCUT2D eigenvalue weighted by Gasteiger charge is -2.08. The van der Waals surface area contributed by atoms with E-state index in [1.807, 2.05) is 25.1 Å². The Kier molecular flexibility index (Phi) is 3.02. The van der Waals surface area contributed by atoms with Crippen LogP contribution in [0.4, 0.5) is 0 Å². The molecule has 0 spiro atoms. The second kappa shape index (κ2) is 4.64. The lowest BCUT2D eigenvalue weighted by atomic mass is 9.83. The molecule has 5 heteroatoms. The number of hydrogen-bond acceptors (Lipinski definition) is 4. The summed E-state index contributed by atoms with van der Waals surface area (Å²) in [5.41, 5.74) is 3.00. The van der Waals surface area contributed by atoms with Crippen molar-refractivity contribution in [2.45, 2.75) is 6.92 Å². The topological polar surface area (TPSA) is 43.2 Å². The number of nitrogens with zero attached hydrogens (tertiary/aromatic N) is 2. The lowest BCUT2D eigenvalue weighted by Crippen LogP contribution is -2.24. The molecular formula is C10H10BN2O2. The Balaban J connectivity index is 2.18. The summed E-state index contributed by atoms with van der Waals surface area (Å²) >= 11 is 0. The summed E-state index contributed by atoms with van der Waals surface area (Å²) < 4.78 is 4.82. The predicted octanol–water partition coefficient (Wildman–Crippen LogP) is 0.666. The highest BCUT2D eigenvalue weighted by Gasteiger charge is 2.09. The maximum absolute atomic E-state index is 4.88.